The Morgan fingerprint density at radius 2 is 2.21 bits per heavy atom. The molecule has 0 spiro atoms. The molecular formula is C11H21NO2. The summed E-state index contributed by atoms with van der Waals surface area (Å²) in [5.41, 5.74) is 0. The predicted molar refractivity (Wildman–Crippen MR) is 55.2 cm³/mol. The summed E-state index contributed by atoms with van der Waals surface area (Å²) in [7, 11) is 0. The highest BCUT2D eigenvalue weighted by molar-refractivity contribution is 4.87. The van der Waals surface area contributed by atoms with Crippen LogP contribution in [0, 0.1) is 0 Å². The molecule has 1 N–H and O–H groups in total. The van der Waals surface area contributed by atoms with E-state index in [4.69, 9.17) is 4.74 Å². The number of ether oxygens (including phenoxy) is 1. The Morgan fingerprint density at radius 3 is 3.00 bits per heavy atom. The number of aliphatic hydroxyl groups excluding tert-OH is 1. The summed E-state index contributed by atoms with van der Waals surface area (Å²) in [6.45, 7) is 4.51. The molecule has 0 aromatic heterocycles. The number of rotatable bonds is 2. The van der Waals surface area contributed by atoms with Crippen molar-refractivity contribution in [2.45, 2.75) is 50.9 Å². The molecular weight excluding hydrogens is 178 g/mol. The van der Waals surface area contributed by atoms with Gasteiger partial charge in [-0.25, -0.2) is 0 Å². The Morgan fingerprint density at radius 1 is 1.43 bits per heavy atom. The van der Waals surface area contributed by atoms with Crippen molar-refractivity contribution in [1.82, 2.24) is 4.90 Å². The second kappa shape index (κ2) is 4.60. The average Bonchev–Trinajstić information content (AvgIpc) is 2.18. The summed E-state index contributed by atoms with van der Waals surface area (Å²) >= 11 is 0. The van der Waals surface area contributed by atoms with E-state index in [9.17, 15) is 5.11 Å². The van der Waals surface area contributed by atoms with Crippen LogP contribution in [0.25, 0.3) is 0 Å². The standard InChI is InChI=1S/C11H21NO2/c1-9(13)8-12-6-7-14-11-5-3-2-4-10(11)12/h9-11,13H,2-8H2,1H3/t9-,10?,11?/m0/s1. The minimum absolute atomic E-state index is 0.212. The number of aliphatic hydroxyl groups is 1. The summed E-state index contributed by atoms with van der Waals surface area (Å²) in [6.07, 6.45) is 5.31. The Hall–Kier alpha value is -0.120. The van der Waals surface area contributed by atoms with Crippen LogP contribution in [0.4, 0.5) is 0 Å². The lowest BCUT2D eigenvalue weighted by molar-refractivity contribution is -0.0959. The molecule has 0 amide bonds. The minimum Gasteiger partial charge on any atom is -0.392 e. The molecule has 0 bridgehead atoms. The van der Waals surface area contributed by atoms with Crippen molar-refractivity contribution in [3.05, 3.63) is 0 Å². The third-order valence-corrected chi connectivity index (χ3v) is 3.35. The molecule has 1 saturated heterocycles. The first-order valence-corrected chi connectivity index (χ1v) is 5.81. The van der Waals surface area contributed by atoms with E-state index in [0.717, 1.165) is 19.7 Å². The third-order valence-electron chi connectivity index (χ3n) is 3.35. The highest BCUT2D eigenvalue weighted by Gasteiger charge is 2.34. The van der Waals surface area contributed by atoms with Crippen LogP contribution < -0.4 is 0 Å². The molecule has 1 aliphatic heterocycles. The number of hydrogen-bond acceptors (Lipinski definition) is 3. The van der Waals surface area contributed by atoms with Gasteiger partial charge in [-0.05, 0) is 19.8 Å². The van der Waals surface area contributed by atoms with Gasteiger partial charge in [0, 0.05) is 19.1 Å². The van der Waals surface area contributed by atoms with Crippen molar-refractivity contribution in [3.8, 4) is 0 Å². The zero-order valence-electron chi connectivity index (χ0n) is 8.98. The van der Waals surface area contributed by atoms with Crippen LogP contribution in [0.2, 0.25) is 0 Å². The van der Waals surface area contributed by atoms with Crippen molar-refractivity contribution < 1.29 is 9.84 Å². The summed E-state index contributed by atoms with van der Waals surface area (Å²) < 4.78 is 5.77. The number of hydrogen-bond donors (Lipinski definition) is 1. The molecule has 0 radical (unpaired) electrons. The Kier molecular flexibility index (Phi) is 3.42. The highest BCUT2D eigenvalue weighted by Crippen LogP contribution is 2.28. The molecule has 3 atom stereocenters. The van der Waals surface area contributed by atoms with Crippen LogP contribution in [0.5, 0.6) is 0 Å². The largest absolute Gasteiger partial charge is 0.392 e. The van der Waals surface area contributed by atoms with Gasteiger partial charge >= 0.3 is 0 Å². The zero-order chi connectivity index (χ0) is 9.97. The molecule has 2 unspecified atom stereocenters. The van der Waals surface area contributed by atoms with Gasteiger partial charge in [0.05, 0.1) is 18.8 Å². The minimum atomic E-state index is -0.212. The molecule has 1 saturated carbocycles. The molecule has 14 heavy (non-hydrogen) atoms. The van der Waals surface area contributed by atoms with Gasteiger partial charge in [-0.1, -0.05) is 12.8 Å². The monoisotopic (exact) mass is 199 g/mol. The second-order valence-electron chi connectivity index (χ2n) is 4.61. The van der Waals surface area contributed by atoms with Gasteiger partial charge in [-0.15, -0.1) is 0 Å². The molecule has 0 aromatic rings. The van der Waals surface area contributed by atoms with E-state index >= 15 is 0 Å². The van der Waals surface area contributed by atoms with Crippen LogP contribution in [-0.4, -0.2) is 48.0 Å². The molecule has 1 heterocycles. The second-order valence-corrected chi connectivity index (χ2v) is 4.61. The van der Waals surface area contributed by atoms with Crippen LogP contribution in [0.1, 0.15) is 32.6 Å². The molecule has 82 valence electrons. The van der Waals surface area contributed by atoms with E-state index in [2.05, 4.69) is 4.90 Å². The van der Waals surface area contributed by atoms with Gasteiger partial charge in [-0.2, -0.15) is 0 Å². The summed E-state index contributed by atoms with van der Waals surface area (Å²) in [6, 6.07) is 0.576. The molecule has 2 fully saturated rings. The summed E-state index contributed by atoms with van der Waals surface area (Å²) in [5, 5.41) is 9.41. The van der Waals surface area contributed by atoms with Crippen molar-refractivity contribution >= 4 is 0 Å². The van der Waals surface area contributed by atoms with Gasteiger partial charge in [-0.3, -0.25) is 4.90 Å². The van der Waals surface area contributed by atoms with E-state index < -0.39 is 0 Å². The Bertz CT molecular complexity index is 182. The molecule has 2 aliphatic rings. The summed E-state index contributed by atoms with van der Waals surface area (Å²) in [5.74, 6) is 0. The van der Waals surface area contributed by atoms with E-state index in [-0.39, 0.29) is 6.10 Å². The summed E-state index contributed by atoms with van der Waals surface area (Å²) in [4.78, 5) is 2.41. The maximum absolute atomic E-state index is 9.41. The van der Waals surface area contributed by atoms with E-state index in [1.807, 2.05) is 6.92 Å². The van der Waals surface area contributed by atoms with E-state index in [0.29, 0.717) is 12.1 Å². The Labute approximate surface area is 86.0 Å². The van der Waals surface area contributed by atoms with Gasteiger partial charge in [0.25, 0.3) is 0 Å². The fourth-order valence-corrected chi connectivity index (χ4v) is 2.74. The molecule has 2 rings (SSSR count). The first-order valence-electron chi connectivity index (χ1n) is 5.81. The van der Waals surface area contributed by atoms with Crippen molar-refractivity contribution in [3.63, 3.8) is 0 Å². The van der Waals surface area contributed by atoms with Gasteiger partial charge < -0.3 is 9.84 Å². The van der Waals surface area contributed by atoms with Crippen LogP contribution in [-0.2, 0) is 4.74 Å². The van der Waals surface area contributed by atoms with Crippen molar-refractivity contribution in [1.29, 1.82) is 0 Å². The van der Waals surface area contributed by atoms with Gasteiger partial charge in [0.2, 0.25) is 0 Å². The fraction of sp³-hybridized carbons (Fsp3) is 1.00. The van der Waals surface area contributed by atoms with Gasteiger partial charge in [0.1, 0.15) is 0 Å². The first-order chi connectivity index (χ1) is 6.77. The predicted octanol–water partition coefficient (Wildman–Crippen LogP) is 1.01. The maximum atomic E-state index is 9.41. The first kappa shape index (κ1) is 10.4. The molecule has 1 aliphatic carbocycles. The third kappa shape index (κ3) is 2.27. The zero-order valence-corrected chi connectivity index (χ0v) is 8.98. The van der Waals surface area contributed by atoms with Crippen LogP contribution >= 0.6 is 0 Å². The number of fused-ring (bicyclic) bond motifs is 1. The average molecular weight is 199 g/mol. The molecule has 3 nitrogen and oxygen atoms in total. The van der Waals surface area contributed by atoms with Crippen LogP contribution in [0.3, 0.4) is 0 Å². The van der Waals surface area contributed by atoms with E-state index in [1.54, 1.807) is 0 Å². The fourth-order valence-electron chi connectivity index (χ4n) is 2.74. The topological polar surface area (TPSA) is 32.7 Å². The highest BCUT2D eigenvalue weighted by atomic mass is 16.5. The number of β-amino-alcohol motifs (C(OH)–C–C–N with tert-alkyl or cyclic N) is 1. The lowest BCUT2D eigenvalue weighted by Crippen LogP contribution is -2.54. The van der Waals surface area contributed by atoms with Crippen molar-refractivity contribution in [2.24, 2.45) is 0 Å². The van der Waals surface area contributed by atoms with Gasteiger partial charge in [0.15, 0.2) is 0 Å². The maximum Gasteiger partial charge on any atom is 0.0730 e. The number of nitrogens with zero attached hydrogens (tertiary/aromatic N) is 1. The van der Waals surface area contributed by atoms with Crippen LogP contribution in [0.15, 0.2) is 0 Å². The Balaban J connectivity index is 1.94. The molecule has 0 aromatic carbocycles. The molecule has 3 heteroatoms. The lowest BCUT2D eigenvalue weighted by atomic mass is 9.90. The van der Waals surface area contributed by atoms with E-state index in [1.165, 1.54) is 25.7 Å². The lowest BCUT2D eigenvalue weighted by Gasteiger charge is -2.44. The SMILES string of the molecule is C[C@H](O)CN1CCOC2CCCCC21. The number of morpholine rings is 1. The smallest absolute Gasteiger partial charge is 0.0730 e. The quantitative estimate of drug-likeness (QED) is 0.720. The van der Waals surface area contributed by atoms with Crippen molar-refractivity contribution in [2.75, 3.05) is 19.7 Å². The normalized spacial score (nSPS) is 36.4.